The smallest absolute Gasteiger partial charge is 0.192 e. The van der Waals surface area contributed by atoms with Crippen molar-refractivity contribution in [3.05, 3.63) is 11.6 Å². The van der Waals surface area contributed by atoms with Crippen molar-refractivity contribution < 1.29 is 0 Å². The van der Waals surface area contributed by atoms with E-state index in [1.807, 2.05) is 18.5 Å². The van der Waals surface area contributed by atoms with Crippen LogP contribution in [0.3, 0.4) is 0 Å². The molecule has 2 saturated carbocycles. The lowest BCUT2D eigenvalue weighted by atomic mass is 9.96. The second-order valence-corrected chi connectivity index (χ2v) is 9.41. The third-order valence-electron chi connectivity index (χ3n) is 7.11. The molecule has 1 atom stereocenters. The molecule has 30 heavy (non-hydrogen) atoms. The zero-order valence-corrected chi connectivity index (χ0v) is 21.1. The van der Waals surface area contributed by atoms with Crippen LogP contribution in [0.4, 0.5) is 0 Å². The number of nitrogens with one attached hydrogen (secondary N) is 2. The van der Waals surface area contributed by atoms with Gasteiger partial charge in [-0.05, 0) is 44.9 Å². The Morgan fingerprint density at radius 1 is 0.967 bits per heavy atom. The van der Waals surface area contributed by atoms with E-state index in [4.69, 9.17) is 4.99 Å². The highest BCUT2D eigenvalue weighted by Gasteiger charge is 2.27. The molecule has 3 aliphatic rings. The van der Waals surface area contributed by atoms with Crippen molar-refractivity contribution in [1.29, 1.82) is 0 Å². The number of aliphatic imine (C=N–C) groups is 1. The van der Waals surface area contributed by atoms with Crippen LogP contribution in [0.1, 0.15) is 75.9 Å². The summed E-state index contributed by atoms with van der Waals surface area (Å²) in [6, 6.07) is 1.04. The third-order valence-corrected chi connectivity index (χ3v) is 7.11. The fourth-order valence-corrected chi connectivity index (χ4v) is 5.18. The first-order valence-corrected chi connectivity index (χ1v) is 11.8. The van der Waals surface area contributed by atoms with Gasteiger partial charge in [-0.3, -0.25) is 0 Å². The minimum atomic E-state index is 0. The number of nitrogens with zero attached hydrogens (tertiary/aromatic N) is 5. The predicted octanol–water partition coefficient (Wildman–Crippen LogP) is 3.37. The maximum absolute atomic E-state index is 4.91. The molecule has 0 radical (unpaired) electrons. The average Bonchev–Trinajstić information content (AvgIpc) is 3.46. The zero-order valence-electron chi connectivity index (χ0n) is 18.8. The maximum Gasteiger partial charge on any atom is 0.192 e. The summed E-state index contributed by atoms with van der Waals surface area (Å²) < 4.78 is 2.03. The maximum atomic E-state index is 4.91. The Bertz CT molecular complexity index is 677. The molecule has 1 saturated heterocycles. The molecule has 1 aromatic rings. The van der Waals surface area contributed by atoms with Crippen molar-refractivity contribution >= 4 is 29.9 Å². The van der Waals surface area contributed by atoms with E-state index in [1.54, 1.807) is 0 Å². The van der Waals surface area contributed by atoms with Crippen LogP contribution in [0.2, 0.25) is 0 Å². The molecule has 1 aliphatic heterocycles. The number of aryl methyl sites for hydroxylation is 1. The molecule has 1 aromatic heterocycles. The average molecular weight is 530 g/mol. The molecule has 3 fully saturated rings. The van der Waals surface area contributed by atoms with Crippen LogP contribution in [0.5, 0.6) is 0 Å². The van der Waals surface area contributed by atoms with E-state index in [0.29, 0.717) is 18.6 Å². The molecule has 1 unspecified atom stereocenters. The Hall–Kier alpha value is -0.900. The van der Waals surface area contributed by atoms with Gasteiger partial charge in [-0.1, -0.05) is 32.1 Å². The summed E-state index contributed by atoms with van der Waals surface area (Å²) in [7, 11) is 2.01. The summed E-state index contributed by atoms with van der Waals surface area (Å²) in [5.74, 6) is 3.75. The fraction of sp³-hybridized carbons (Fsp3) is 0.864. The lowest BCUT2D eigenvalue weighted by Gasteiger charge is -2.27. The van der Waals surface area contributed by atoms with E-state index < -0.39 is 0 Å². The molecular formula is C22H40IN7. The first-order chi connectivity index (χ1) is 14.2. The van der Waals surface area contributed by atoms with E-state index >= 15 is 0 Å². The first kappa shape index (κ1) is 23.8. The fourth-order valence-electron chi connectivity index (χ4n) is 5.18. The van der Waals surface area contributed by atoms with Crippen molar-refractivity contribution in [3.8, 4) is 0 Å². The van der Waals surface area contributed by atoms with Gasteiger partial charge in [-0.2, -0.15) is 0 Å². The Kier molecular flexibility index (Phi) is 9.22. The number of guanidine groups is 1. The van der Waals surface area contributed by atoms with E-state index in [1.165, 1.54) is 77.3 Å². The van der Waals surface area contributed by atoms with Crippen LogP contribution in [-0.4, -0.2) is 57.3 Å². The normalized spacial score (nSPS) is 24.2. The number of rotatable bonds is 6. The number of aromatic nitrogens is 3. The minimum Gasteiger partial charge on any atom is -0.354 e. The van der Waals surface area contributed by atoms with Crippen molar-refractivity contribution in [3.63, 3.8) is 0 Å². The van der Waals surface area contributed by atoms with Crippen molar-refractivity contribution in [2.75, 3.05) is 19.6 Å². The summed E-state index contributed by atoms with van der Waals surface area (Å²) >= 11 is 0. The highest BCUT2D eigenvalue weighted by atomic mass is 127. The molecule has 8 heteroatoms. The predicted molar refractivity (Wildman–Crippen MR) is 132 cm³/mol. The monoisotopic (exact) mass is 529 g/mol. The van der Waals surface area contributed by atoms with Crippen molar-refractivity contribution in [1.82, 2.24) is 30.3 Å². The van der Waals surface area contributed by atoms with Crippen LogP contribution >= 0.6 is 24.0 Å². The molecule has 170 valence electrons. The number of hydrogen-bond donors (Lipinski definition) is 2. The SMILES string of the molecule is Cc1nnc(CN=C(NC2CCCCC2)NC2CCN(CC3CCCC3)C2)n1C.I. The second kappa shape index (κ2) is 11.6. The molecule has 2 heterocycles. The van der Waals surface area contributed by atoms with Gasteiger partial charge in [-0.15, -0.1) is 34.2 Å². The standard InChI is InChI=1S/C22H39N7.HI/c1-17-26-27-21(28(17)2)14-23-22(24-19-10-4-3-5-11-19)25-20-12-13-29(16-20)15-18-8-6-7-9-18;/h18-20H,3-16H2,1-2H3,(H2,23,24,25);1H. The van der Waals surface area contributed by atoms with Crippen LogP contribution in [-0.2, 0) is 13.6 Å². The van der Waals surface area contributed by atoms with Crippen molar-refractivity contribution in [2.24, 2.45) is 18.0 Å². The molecule has 7 nitrogen and oxygen atoms in total. The number of halogens is 1. The van der Waals surface area contributed by atoms with Crippen LogP contribution in [0.25, 0.3) is 0 Å². The van der Waals surface area contributed by atoms with Gasteiger partial charge in [0.2, 0.25) is 0 Å². The molecule has 2 N–H and O–H groups in total. The molecule has 0 bridgehead atoms. The summed E-state index contributed by atoms with van der Waals surface area (Å²) in [5.41, 5.74) is 0. The highest BCUT2D eigenvalue weighted by molar-refractivity contribution is 14.0. The van der Waals surface area contributed by atoms with Crippen LogP contribution in [0, 0.1) is 12.8 Å². The van der Waals surface area contributed by atoms with E-state index in [0.717, 1.165) is 30.1 Å². The Labute approximate surface area is 198 Å². The lowest BCUT2D eigenvalue weighted by Crippen LogP contribution is -2.48. The number of hydrogen-bond acceptors (Lipinski definition) is 4. The summed E-state index contributed by atoms with van der Waals surface area (Å²) in [6.45, 7) is 6.20. The minimum absolute atomic E-state index is 0. The summed E-state index contributed by atoms with van der Waals surface area (Å²) in [4.78, 5) is 7.57. The molecule has 4 rings (SSSR count). The van der Waals surface area contributed by atoms with E-state index in [-0.39, 0.29) is 24.0 Å². The van der Waals surface area contributed by atoms with Gasteiger partial charge in [0.05, 0.1) is 0 Å². The lowest BCUT2D eigenvalue weighted by molar-refractivity contribution is 0.275. The topological polar surface area (TPSA) is 70.4 Å². The zero-order chi connectivity index (χ0) is 20.1. The molecular weight excluding hydrogens is 489 g/mol. The van der Waals surface area contributed by atoms with Gasteiger partial charge in [0.25, 0.3) is 0 Å². The molecule has 0 aromatic carbocycles. The summed E-state index contributed by atoms with van der Waals surface area (Å²) in [5, 5.41) is 15.9. The van der Waals surface area contributed by atoms with Gasteiger partial charge >= 0.3 is 0 Å². The quantitative estimate of drug-likeness (QED) is 0.336. The largest absolute Gasteiger partial charge is 0.354 e. The molecule has 0 amide bonds. The highest BCUT2D eigenvalue weighted by Crippen LogP contribution is 2.26. The van der Waals surface area contributed by atoms with E-state index in [2.05, 4.69) is 25.7 Å². The van der Waals surface area contributed by atoms with Gasteiger partial charge < -0.3 is 20.1 Å². The first-order valence-electron chi connectivity index (χ1n) is 11.8. The molecule has 2 aliphatic carbocycles. The van der Waals surface area contributed by atoms with Gasteiger partial charge in [-0.25, -0.2) is 4.99 Å². The van der Waals surface area contributed by atoms with E-state index in [9.17, 15) is 0 Å². The Morgan fingerprint density at radius 2 is 1.67 bits per heavy atom. The van der Waals surface area contributed by atoms with Gasteiger partial charge in [0.1, 0.15) is 12.4 Å². The third kappa shape index (κ3) is 6.55. The second-order valence-electron chi connectivity index (χ2n) is 9.41. The summed E-state index contributed by atoms with van der Waals surface area (Å²) in [6.07, 6.45) is 13.5. The number of likely N-dealkylation sites (tertiary alicyclic amines) is 1. The molecule has 0 spiro atoms. The van der Waals surface area contributed by atoms with Gasteiger partial charge in [0, 0.05) is 38.8 Å². The Balaban J connectivity index is 0.00000256. The van der Waals surface area contributed by atoms with Crippen LogP contribution in [0.15, 0.2) is 4.99 Å². The van der Waals surface area contributed by atoms with Gasteiger partial charge in [0.15, 0.2) is 11.8 Å². The van der Waals surface area contributed by atoms with Crippen LogP contribution < -0.4 is 10.6 Å². The van der Waals surface area contributed by atoms with Crippen molar-refractivity contribution in [2.45, 2.75) is 89.8 Å². The Morgan fingerprint density at radius 3 is 2.37 bits per heavy atom.